The molecular weight excluding hydrogens is 509 g/mol. The van der Waals surface area contributed by atoms with Gasteiger partial charge in [0.2, 0.25) is 0 Å². The van der Waals surface area contributed by atoms with E-state index >= 15 is 0 Å². The van der Waals surface area contributed by atoms with E-state index in [2.05, 4.69) is 22.5 Å². The van der Waals surface area contributed by atoms with Crippen LogP contribution in [0.5, 0.6) is 23.0 Å². The van der Waals surface area contributed by atoms with E-state index in [1.807, 2.05) is 43.3 Å². The third-order valence-corrected chi connectivity index (χ3v) is 4.36. The maximum Gasteiger partial charge on any atom is 0.191 e. The highest BCUT2D eigenvalue weighted by molar-refractivity contribution is 14.0. The summed E-state index contributed by atoms with van der Waals surface area (Å²) < 4.78 is 21.8. The Morgan fingerprint density at radius 2 is 1.42 bits per heavy atom. The van der Waals surface area contributed by atoms with Gasteiger partial charge >= 0.3 is 0 Å². The van der Waals surface area contributed by atoms with Crippen molar-refractivity contribution in [3.05, 3.63) is 47.5 Å². The SMILES string of the molecule is CCCOc1ccc(CNC(=NCc2ccc(OC)c(OC)c2)NCC)cc1OC.I. The predicted molar refractivity (Wildman–Crippen MR) is 135 cm³/mol. The van der Waals surface area contributed by atoms with Crippen molar-refractivity contribution in [3.8, 4) is 23.0 Å². The summed E-state index contributed by atoms with van der Waals surface area (Å²) in [7, 11) is 4.91. The maximum absolute atomic E-state index is 5.72. The van der Waals surface area contributed by atoms with Crippen LogP contribution in [0.2, 0.25) is 0 Å². The Morgan fingerprint density at radius 3 is 2.06 bits per heavy atom. The number of nitrogens with zero attached hydrogens (tertiary/aromatic N) is 1. The molecule has 172 valence electrons. The lowest BCUT2D eigenvalue weighted by Gasteiger charge is -2.14. The van der Waals surface area contributed by atoms with Crippen molar-refractivity contribution in [1.82, 2.24) is 10.6 Å². The molecule has 2 rings (SSSR count). The molecule has 0 aliphatic carbocycles. The molecule has 0 unspecified atom stereocenters. The van der Waals surface area contributed by atoms with Crippen molar-refractivity contribution in [2.24, 2.45) is 4.99 Å². The zero-order chi connectivity index (χ0) is 21.8. The van der Waals surface area contributed by atoms with Gasteiger partial charge in [-0.1, -0.05) is 19.1 Å². The van der Waals surface area contributed by atoms with Gasteiger partial charge in [0, 0.05) is 13.1 Å². The first-order valence-electron chi connectivity index (χ1n) is 10.2. The van der Waals surface area contributed by atoms with E-state index in [1.165, 1.54) is 0 Å². The first kappa shape index (κ1) is 26.7. The first-order chi connectivity index (χ1) is 14.6. The highest BCUT2D eigenvalue weighted by Gasteiger charge is 2.07. The summed E-state index contributed by atoms with van der Waals surface area (Å²) in [6.45, 7) is 6.68. The summed E-state index contributed by atoms with van der Waals surface area (Å²) in [6.07, 6.45) is 0.953. The Kier molecular flexibility index (Phi) is 12.6. The number of halogens is 1. The molecule has 0 atom stereocenters. The summed E-state index contributed by atoms with van der Waals surface area (Å²) in [4.78, 5) is 4.67. The largest absolute Gasteiger partial charge is 0.493 e. The van der Waals surface area contributed by atoms with Crippen molar-refractivity contribution in [2.75, 3.05) is 34.5 Å². The van der Waals surface area contributed by atoms with E-state index in [9.17, 15) is 0 Å². The van der Waals surface area contributed by atoms with Crippen LogP contribution in [0.3, 0.4) is 0 Å². The molecule has 0 radical (unpaired) electrons. The average molecular weight is 543 g/mol. The molecule has 2 aromatic carbocycles. The molecule has 0 fully saturated rings. The summed E-state index contributed by atoms with van der Waals surface area (Å²) >= 11 is 0. The Labute approximate surface area is 202 Å². The van der Waals surface area contributed by atoms with E-state index in [-0.39, 0.29) is 24.0 Å². The van der Waals surface area contributed by atoms with E-state index < -0.39 is 0 Å². The first-order valence-corrected chi connectivity index (χ1v) is 10.2. The molecule has 0 saturated heterocycles. The number of ether oxygens (including phenoxy) is 4. The standard InChI is InChI=1S/C23H33N3O4.HI/c1-6-12-30-20-11-9-18(14-22(20)29-5)16-26-23(24-7-2)25-15-17-8-10-19(27-3)21(13-17)28-4;/h8-11,13-14H,6-7,12,15-16H2,1-5H3,(H2,24,25,26);1H. The third-order valence-electron chi connectivity index (χ3n) is 4.36. The molecule has 0 aromatic heterocycles. The Morgan fingerprint density at radius 1 is 0.806 bits per heavy atom. The third kappa shape index (κ3) is 8.35. The molecule has 8 heteroatoms. The van der Waals surface area contributed by atoms with Crippen molar-refractivity contribution in [3.63, 3.8) is 0 Å². The van der Waals surface area contributed by atoms with Gasteiger partial charge in [-0.05, 0) is 48.7 Å². The molecule has 0 aliphatic rings. The second-order valence-electron chi connectivity index (χ2n) is 6.57. The fourth-order valence-electron chi connectivity index (χ4n) is 2.83. The van der Waals surface area contributed by atoms with Crippen LogP contribution in [0.4, 0.5) is 0 Å². The predicted octanol–water partition coefficient (Wildman–Crippen LogP) is 4.37. The van der Waals surface area contributed by atoms with Crippen LogP contribution in [-0.4, -0.2) is 40.4 Å². The number of hydrogen-bond donors (Lipinski definition) is 2. The van der Waals surface area contributed by atoms with Crippen LogP contribution < -0.4 is 29.6 Å². The number of nitrogens with one attached hydrogen (secondary N) is 2. The van der Waals surface area contributed by atoms with Gasteiger partial charge in [0.15, 0.2) is 29.0 Å². The van der Waals surface area contributed by atoms with Crippen LogP contribution >= 0.6 is 24.0 Å². The second kappa shape index (κ2) is 14.6. The molecular formula is C23H34IN3O4. The normalized spacial score (nSPS) is 10.7. The minimum atomic E-state index is 0. The number of aliphatic imine (C=N–C) groups is 1. The average Bonchev–Trinajstić information content (AvgIpc) is 2.79. The fourth-order valence-corrected chi connectivity index (χ4v) is 2.83. The van der Waals surface area contributed by atoms with Gasteiger partial charge < -0.3 is 29.6 Å². The number of rotatable bonds is 11. The Balaban J connectivity index is 0.00000480. The van der Waals surface area contributed by atoms with Crippen LogP contribution in [0.25, 0.3) is 0 Å². The van der Waals surface area contributed by atoms with Crippen LogP contribution in [-0.2, 0) is 13.1 Å². The van der Waals surface area contributed by atoms with Gasteiger partial charge in [0.05, 0.1) is 34.5 Å². The van der Waals surface area contributed by atoms with Gasteiger partial charge in [-0.3, -0.25) is 0 Å². The summed E-state index contributed by atoms with van der Waals surface area (Å²) in [5.41, 5.74) is 2.11. The van der Waals surface area contributed by atoms with Crippen molar-refractivity contribution in [2.45, 2.75) is 33.4 Å². The summed E-state index contributed by atoms with van der Waals surface area (Å²) in [5.74, 6) is 3.63. The highest BCUT2D eigenvalue weighted by atomic mass is 127. The molecule has 0 heterocycles. The maximum atomic E-state index is 5.72. The zero-order valence-electron chi connectivity index (χ0n) is 19.0. The van der Waals surface area contributed by atoms with Crippen LogP contribution in [0.1, 0.15) is 31.4 Å². The van der Waals surface area contributed by atoms with E-state index in [0.29, 0.717) is 31.2 Å². The zero-order valence-corrected chi connectivity index (χ0v) is 21.3. The lowest BCUT2D eigenvalue weighted by molar-refractivity contribution is 0.294. The van der Waals surface area contributed by atoms with Crippen LogP contribution in [0.15, 0.2) is 41.4 Å². The van der Waals surface area contributed by atoms with Crippen molar-refractivity contribution in [1.29, 1.82) is 0 Å². The Bertz CT molecular complexity index is 830. The molecule has 2 N–H and O–H groups in total. The smallest absolute Gasteiger partial charge is 0.191 e. The van der Waals surface area contributed by atoms with Gasteiger partial charge in [-0.2, -0.15) is 0 Å². The summed E-state index contributed by atoms with van der Waals surface area (Å²) in [6, 6.07) is 11.8. The minimum absolute atomic E-state index is 0. The second-order valence-corrected chi connectivity index (χ2v) is 6.57. The van der Waals surface area contributed by atoms with Crippen LogP contribution in [0, 0.1) is 0 Å². The van der Waals surface area contributed by atoms with E-state index in [4.69, 9.17) is 18.9 Å². The highest BCUT2D eigenvalue weighted by Crippen LogP contribution is 2.29. The molecule has 0 spiro atoms. The number of hydrogen-bond acceptors (Lipinski definition) is 5. The van der Waals surface area contributed by atoms with E-state index in [1.54, 1.807) is 21.3 Å². The molecule has 7 nitrogen and oxygen atoms in total. The lowest BCUT2D eigenvalue weighted by atomic mass is 10.2. The fraction of sp³-hybridized carbons (Fsp3) is 0.435. The number of guanidine groups is 1. The lowest BCUT2D eigenvalue weighted by Crippen LogP contribution is -2.36. The molecule has 2 aromatic rings. The quantitative estimate of drug-likeness (QED) is 0.249. The van der Waals surface area contributed by atoms with Gasteiger partial charge in [0.25, 0.3) is 0 Å². The summed E-state index contributed by atoms with van der Waals surface area (Å²) in [5, 5.41) is 6.63. The van der Waals surface area contributed by atoms with Crippen molar-refractivity contribution < 1.29 is 18.9 Å². The monoisotopic (exact) mass is 543 g/mol. The molecule has 0 bridgehead atoms. The van der Waals surface area contributed by atoms with Gasteiger partial charge in [-0.25, -0.2) is 4.99 Å². The molecule has 0 amide bonds. The minimum Gasteiger partial charge on any atom is -0.493 e. The number of benzene rings is 2. The molecule has 0 aliphatic heterocycles. The van der Waals surface area contributed by atoms with Gasteiger partial charge in [-0.15, -0.1) is 24.0 Å². The molecule has 0 saturated carbocycles. The Hall–Kier alpha value is -2.36. The number of methoxy groups -OCH3 is 3. The van der Waals surface area contributed by atoms with Gasteiger partial charge in [0.1, 0.15) is 0 Å². The topological polar surface area (TPSA) is 73.3 Å². The van der Waals surface area contributed by atoms with Crippen molar-refractivity contribution >= 4 is 29.9 Å². The molecule has 31 heavy (non-hydrogen) atoms. The van der Waals surface area contributed by atoms with E-state index in [0.717, 1.165) is 41.6 Å².